The van der Waals surface area contributed by atoms with Crippen LogP contribution in [0.1, 0.15) is 29.8 Å². The summed E-state index contributed by atoms with van der Waals surface area (Å²) in [4.78, 5) is 15.3. The Morgan fingerprint density at radius 1 is 1.16 bits per heavy atom. The number of aliphatic carboxylic acids is 1. The number of para-hydroxylation sites is 1. The zero-order valence-corrected chi connectivity index (χ0v) is 14.0. The number of carboxylic acids is 1. The zero-order valence-electron chi connectivity index (χ0n) is 13.2. The van der Waals surface area contributed by atoms with Crippen LogP contribution in [0.25, 0.3) is 21.9 Å². The van der Waals surface area contributed by atoms with Gasteiger partial charge in [-0.3, -0.25) is 4.79 Å². The molecule has 0 aliphatic heterocycles. The van der Waals surface area contributed by atoms with Gasteiger partial charge in [0.1, 0.15) is 16.6 Å². The van der Waals surface area contributed by atoms with Crippen LogP contribution >= 0.6 is 11.3 Å². The van der Waals surface area contributed by atoms with E-state index in [0.29, 0.717) is 23.4 Å². The molecule has 0 aliphatic rings. The van der Waals surface area contributed by atoms with Gasteiger partial charge in [0.15, 0.2) is 0 Å². The molecule has 0 fully saturated rings. The number of hydrogen-bond acceptors (Lipinski definition) is 3. The van der Waals surface area contributed by atoms with E-state index in [0.717, 1.165) is 28.4 Å². The maximum atomic E-state index is 14.0. The smallest absolute Gasteiger partial charge is 0.303 e. The third-order valence-corrected chi connectivity index (χ3v) is 4.81. The fraction of sp³-hybridized carbons (Fsp3) is 0.158. The molecule has 1 aromatic heterocycles. The molecular formula is C19H15F2NO2S. The van der Waals surface area contributed by atoms with E-state index in [4.69, 9.17) is 5.11 Å². The average Bonchev–Trinajstić information content (AvgIpc) is 3.00. The fourth-order valence-corrected chi connectivity index (χ4v) is 3.50. The highest BCUT2D eigenvalue weighted by molar-refractivity contribution is 7.19. The lowest BCUT2D eigenvalue weighted by Gasteiger charge is -2.05. The minimum atomic E-state index is -0.888. The van der Waals surface area contributed by atoms with E-state index < -0.39 is 17.6 Å². The molecule has 1 N–H and O–H groups in total. The summed E-state index contributed by atoms with van der Waals surface area (Å²) in [6, 6.07) is 10.9. The van der Waals surface area contributed by atoms with E-state index in [2.05, 4.69) is 4.98 Å². The molecule has 0 amide bonds. The predicted molar refractivity (Wildman–Crippen MR) is 95.3 cm³/mol. The molecule has 3 rings (SSSR count). The molecule has 128 valence electrons. The first-order valence-corrected chi connectivity index (χ1v) is 8.58. The normalized spacial score (nSPS) is 11.8. The van der Waals surface area contributed by atoms with E-state index in [1.54, 1.807) is 6.08 Å². The van der Waals surface area contributed by atoms with Gasteiger partial charge in [-0.2, -0.15) is 0 Å². The van der Waals surface area contributed by atoms with Gasteiger partial charge in [-0.1, -0.05) is 12.1 Å². The molecule has 0 atom stereocenters. The largest absolute Gasteiger partial charge is 0.481 e. The first-order chi connectivity index (χ1) is 12.0. The molecular weight excluding hydrogens is 344 g/mol. The zero-order chi connectivity index (χ0) is 17.8. The number of thiazole rings is 1. The number of rotatable bonds is 6. The van der Waals surface area contributed by atoms with Gasteiger partial charge in [0, 0.05) is 12.0 Å². The Labute approximate surface area is 147 Å². The van der Waals surface area contributed by atoms with Gasteiger partial charge < -0.3 is 5.11 Å². The third kappa shape index (κ3) is 4.28. The number of carboxylic acid groups (broad SMARTS) is 1. The van der Waals surface area contributed by atoms with Crippen molar-refractivity contribution in [1.82, 2.24) is 4.98 Å². The Morgan fingerprint density at radius 2 is 1.96 bits per heavy atom. The van der Waals surface area contributed by atoms with Crippen molar-refractivity contribution in [3.05, 3.63) is 64.7 Å². The highest BCUT2D eigenvalue weighted by atomic mass is 32.1. The SMILES string of the molecule is O=C(O)CCC/C(=C\c1cc(F)ccc1F)c1nc2ccccc2s1. The Hall–Kier alpha value is -2.60. The molecule has 6 heteroatoms. The van der Waals surface area contributed by atoms with Gasteiger partial charge in [0.05, 0.1) is 10.2 Å². The van der Waals surface area contributed by atoms with E-state index in [9.17, 15) is 13.6 Å². The highest BCUT2D eigenvalue weighted by Crippen LogP contribution is 2.31. The monoisotopic (exact) mass is 359 g/mol. The van der Waals surface area contributed by atoms with Crippen LogP contribution in [0.3, 0.4) is 0 Å². The van der Waals surface area contributed by atoms with Crippen LogP contribution in [0.5, 0.6) is 0 Å². The molecule has 0 radical (unpaired) electrons. The maximum absolute atomic E-state index is 14.0. The molecule has 3 aromatic rings. The number of halogens is 2. The number of fused-ring (bicyclic) bond motifs is 1. The number of nitrogens with zero attached hydrogens (tertiary/aromatic N) is 1. The number of hydrogen-bond donors (Lipinski definition) is 1. The minimum absolute atomic E-state index is 0.00781. The van der Waals surface area contributed by atoms with Gasteiger partial charge >= 0.3 is 5.97 Å². The maximum Gasteiger partial charge on any atom is 0.303 e. The van der Waals surface area contributed by atoms with Crippen molar-refractivity contribution < 1.29 is 18.7 Å². The van der Waals surface area contributed by atoms with Gasteiger partial charge in [-0.05, 0) is 54.8 Å². The van der Waals surface area contributed by atoms with Crippen molar-refractivity contribution in [2.45, 2.75) is 19.3 Å². The van der Waals surface area contributed by atoms with E-state index >= 15 is 0 Å². The average molecular weight is 359 g/mol. The van der Waals surface area contributed by atoms with Crippen LogP contribution in [-0.2, 0) is 4.79 Å². The van der Waals surface area contributed by atoms with Crippen molar-refractivity contribution in [2.24, 2.45) is 0 Å². The highest BCUT2D eigenvalue weighted by Gasteiger charge is 2.12. The minimum Gasteiger partial charge on any atom is -0.481 e. The first kappa shape index (κ1) is 17.2. The van der Waals surface area contributed by atoms with Gasteiger partial charge in [-0.15, -0.1) is 11.3 Å². The van der Waals surface area contributed by atoms with E-state index in [1.807, 2.05) is 24.3 Å². The second-order valence-corrected chi connectivity index (χ2v) is 6.60. The molecule has 0 saturated carbocycles. The number of carbonyl (C=O) groups is 1. The molecule has 1 heterocycles. The first-order valence-electron chi connectivity index (χ1n) is 7.76. The van der Waals surface area contributed by atoms with Gasteiger partial charge in [0.25, 0.3) is 0 Å². The van der Waals surface area contributed by atoms with Gasteiger partial charge in [0.2, 0.25) is 0 Å². The van der Waals surface area contributed by atoms with E-state index in [1.165, 1.54) is 11.3 Å². The number of benzene rings is 2. The van der Waals surface area contributed by atoms with Crippen LogP contribution in [0.4, 0.5) is 8.78 Å². The lowest BCUT2D eigenvalue weighted by molar-refractivity contribution is -0.137. The van der Waals surface area contributed by atoms with Crippen LogP contribution in [0.15, 0.2) is 42.5 Å². The predicted octanol–water partition coefficient (Wildman–Crippen LogP) is 5.37. The Balaban J connectivity index is 2.00. The Bertz CT molecular complexity index is 917. The summed E-state index contributed by atoms with van der Waals surface area (Å²) in [5.41, 5.74) is 1.66. The van der Waals surface area contributed by atoms with Crippen molar-refractivity contribution in [1.29, 1.82) is 0 Å². The van der Waals surface area contributed by atoms with Crippen molar-refractivity contribution in [3.63, 3.8) is 0 Å². The third-order valence-electron chi connectivity index (χ3n) is 3.69. The molecule has 3 nitrogen and oxygen atoms in total. The second-order valence-electron chi connectivity index (χ2n) is 5.57. The summed E-state index contributed by atoms with van der Waals surface area (Å²) in [6.07, 6.45) is 2.38. The lowest BCUT2D eigenvalue weighted by Crippen LogP contribution is -1.95. The second kappa shape index (κ2) is 7.53. The Morgan fingerprint density at radius 3 is 2.72 bits per heavy atom. The van der Waals surface area contributed by atoms with E-state index in [-0.39, 0.29) is 12.0 Å². The van der Waals surface area contributed by atoms with Crippen molar-refractivity contribution in [2.75, 3.05) is 0 Å². The lowest BCUT2D eigenvalue weighted by atomic mass is 10.0. The molecule has 0 aliphatic carbocycles. The van der Waals surface area contributed by atoms with Gasteiger partial charge in [-0.25, -0.2) is 13.8 Å². The molecule has 0 saturated heterocycles. The summed E-state index contributed by atoms with van der Waals surface area (Å²) >= 11 is 1.45. The topological polar surface area (TPSA) is 50.2 Å². The molecule has 0 unspecified atom stereocenters. The van der Waals surface area contributed by atoms with Crippen LogP contribution < -0.4 is 0 Å². The summed E-state index contributed by atoms with van der Waals surface area (Å²) < 4.78 is 28.4. The van der Waals surface area contributed by atoms with Crippen molar-refractivity contribution >= 4 is 39.2 Å². The van der Waals surface area contributed by atoms with Crippen LogP contribution in [0, 0.1) is 11.6 Å². The van der Waals surface area contributed by atoms with Crippen molar-refractivity contribution in [3.8, 4) is 0 Å². The molecule has 0 bridgehead atoms. The standard InChI is InChI=1S/C19H15F2NO2S/c20-14-8-9-15(21)13(11-14)10-12(4-3-7-18(23)24)19-22-16-5-1-2-6-17(16)25-19/h1-2,5-6,8-11H,3-4,7H2,(H,23,24)/b12-10+. The molecule has 2 aromatic carbocycles. The summed E-state index contributed by atoms with van der Waals surface area (Å²) in [5.74, 6) is -1.94. The molecule has 0 spiro atoms. The quantitative estimate of drug-likeness (QED) is 0.644. The molecule has 25 heavy (non-hydrogen) atoms. The summed E-state index contributed by atoms with van der Waals surface area (Å²) in [6.45, 7) is 0. The number of allylic oxidation sites excluding steroid dienone is 1. The Kier molecular flexibility index (Phi) is 5.19. The number of aromatic nitrogens is 1. The van der Waals surface area contributed by atoms with Crippen LogP contribution in [-0.4, -0.2) is 16.1 Å². The summed E-state index contributed by atoms with van der Waals surface area (Å²) in [5, 5.41) is 9.53. The summed E-state index contributed by atoms with van der Waals surface area (Å²) in [7, 11) is 0. The van der Waals surface area contributed by atoms with Crippen LogP contribution in [0.2, 0.25) is 0 Å². The fourth-order valence-electron chi connectivity index (χ4n) is 2.49.